The summed E-state index contributed by atoms with van der Waals surface area (Å²) in [5, 5.41) is 1.38. The van der Waals surface area contributed by atoms with Crippen molar-refractivity contribution in [2.75, 3.05) is 6.54 Å². The molecule has 1 aromatic carbocycles. The van der Waals surface area contributed by atoms with E-state index >= 15 is 0 Å². The zero-order chi connectivity index (χ0) is 17.4. The Hall–Kier alpha value is -2.39. The minimum atomic E-state index is 0.201. The molecule has 0 aliphatic carbocycles. The number of para-hydroxylation sites is 1. The molecular formula is C22H25N3. The van der Waals surface area contributed by atoms with E-state index in [4.69, 9.17) is 0 Å². The molecule has 0 amide bonds. The first kappa shape index (κ1) is 16.1. The van der Waals surface area contributed by atoms with E-state index in [0.717, 1.165) is 25.1 Å². The van der Waals surface area contributed by atoms with Crippen LogP contribution in [-0.4, -0.2) is 26.5 Å². The summed E-state index contributed by atoms with van der Waals surface area (Å²) in [6.45, 7) is 9.04. The number of aromatic nitrogens is 2. The van der Waals surface area contributed by atoms with Crippen LogP contribution in [0.3, 0.4) is 0 Å². The molecule has 1 aliphatic heterocycles. The van der Waals surface area contributed by atoms with Gasteiger partial charge in [0.25, 0.3) is 0 Å². The standard InChI is InChI=1S/C22H25N3/c1-22(2,3)24-13-11-21-19(16-24)18-8-4-5-9-20(18)25(21)14-10-17-7-6-12-23-15-17/h4-10,12,14-15H,11,13,16H2,1-3H3. The lowest BCUT2D eigenvalue weighted by atomic mass is 9.98. The maximum absolute atomic E-state index is 4.20. The van der Waals surface area contributed by atoms with Gasteiger partial charge < -0.3 is 4.57 Å². The average Bonchev–Trinajstić information content (AvgIpc) is 2.93. The van der Waals surface area contributed by atoms with Gasteiger partial charge in [-0.15, -0.1) is 0 Å². The molecule has 3 heteroatoms. The molecule has 4 rings (SSSR count). The molecule has 128 valence electrons. The third-order valence-electron chi connectivity index (χ3n) is 5.14. The smallest absolute Gasteiger partial charge is 0.0528 e. The Morgan fingerprint density at radius 2 is 1.92 bits per heavy atom. The molecule has 3 nitrogen and oxygen atoms in total. The maximum atomic E-state index is 4.20. The molecule has 0 saturated carbocycles. The van der Waals surface area contributed by atoms with E-state index in [1.807, 2.05) is 18.5 Å². The van der Waals surface area contributed by atoms with Crippen LogP contribution in [0.2, 0.25) is 0 Å². The summed E-state index contributed by atoms with van der Waals surface area (Å²) in [4.78, 5) is 6.78. The highest BCUT2D eigenvalue weighted by Gasteiger charge is 2.29. The number of rotatable bonds is 2. The third-order valence-corrected chi connectivity index (χ3v) is 5.14. The van der Waals surface area contributed by atoms with Crippen LogP contribution in [0.15, 0.2) is 48.8 Å². The number of pyridine rings is 1. The monoisotopic (exact) mass is 331 g/mol. The van der Waals surface area contributed by atoms with Crippen LogP contribution in [0.4, 0.5) is 0 Å². The number of fused-ring (bicyclic) bond motifs is 3. The van der Waals surface area contributed by atoms with Crippen LogP contribution in [-0.2, 0) is 13.0 Å². The average molecular weight is 331 g/mol. The first-order valence-electron chi connectivity index (χ1n) is 8.98. The Kier molecular flexibility index (Phi) is 3.97. The van der Waals surface area contributed by atoms with Crippen LogP contribution in [0.25, 0.3) is 23.2 Å². The van der Waals surface area contributed by atoms with Crippen LogP contribution in [0.5, 0.6) is 0 Å². The SMILES string of the molecule is CC(C)(C)N1CCc2c(c3ccccc3n2C=Cc2cccnc2)C1. The van der Waals surface area contributed by atoms with E-state index in [2.05, 4.69) is 77.8 Å². The van der Waals surface area contributed by atoms with Gasteiger partial charge in [0.15, 0.2) is 0 Å². The number of hydrogen-bond donors (Lipinski definition) is 0. The molecule has 0 atom stereocenters. The van der Waals surface area contributed by atoms with E-state index in [1.165, 1.54) is 22.2 Å². The summed E-state index contributed by atoms with van der Waals surface area (Å²) in [5.74, 6) is 0. The van der Waals surface area contributed by atoms with E-state index < -0.39 is 0 Å². The van der Waals surface area contributed by atoms with Crippen molar-refractivity contribution in [3.8, 4) is 0 Å². The predicted molar refractivity (Wildman–Crippen MR) is 105 cm³/mol. The third kappa shape index (κ3) is 3.00. The van der Waals surface area contributed by atoms with Gasteiger partial charge in [-0.1, -0.05) is 24.3 Å². The molecule has 3 heterocycles. The van der Waals surface area contributed by atoms with Crippen molar-refractivity contribution < 1.29 is 0 Å². The molecule has 0 spiro atoms. The predicted octanol–water partition coefficient (Wildman–Crippen LogP) is 4.82. The summed E-state index contributed by atoms with van der Waals surface area (Å²) in [7, 11) is 0. The summed E-state index contributed by atoms with van der Waals surface area (Å²) in [5.41, 5.74) is 5.55. The number of hydrogen-bond acceptors (Lipinski definition) is 2. The molecule has 0 unspecified atom stereocenters. The highest BCUT2D eigenvalue weighted by atomic mass is 15.2. The lowest BCUT2D eigenvalue weighted by molar-refractivity contribution is 0.120. The van der Waals surface area contributed by atoms with Crippen LogP contribution in [0.1, 0.15) is 37.6 Å². The molecule has 0 fully saturated rings. The second kappa shape index (κ2) is 6.16. The Labute approximate surface area is 149 Å². The highest BCUT2D eigenvalue weighted by Crippen LogP contribution is 2.33. The molecule has 0 radical (unpaired) electrons. The first-order chi connectivity index (χ1) is 12.0. The van der Waals surface area contributed by atoms with Gasteiger partial charge in [-0.25, -0.2) is 0 Å². The molecule has 25 heavy (non-hydrogen) atoms. The second-order valence-electron chi connectivity index (χ2n) is 7.76. The van der Waals surface area contributed by atoms with Crippen LogP contribution < -0.4 is 0 Å². The molecule has 0 bridgehead atoms. The van der Waals surface area contributed by atoms with Gasteiger partial charge in [-0.3, -0.25) is 9.88 Å². The minimum absolute atomic E-state index is 0.201. The topological polar surface area (TPSA) is 21.1 Å². The van der Waals surface area contributed by atoms with Crippen molar-refractivity contribution >= 4 is 23.2 Å². The fourth-order valence-corrected chi connectivity index (χ4v) is 3.72. The van der Waals surface area contributed by atoms with E-state index in [1.54, 1.807) is 0 Å². The fraction of sp³-hybridized carbons (Fsp3) is 0.318. The molecule has 0 saturated heterocycles. The zero-order valence-electron chi connectivity index (χ0n) is 15.2. The maximum Gasteiger partial charge on any atom is 0.0528 e. The van der Waals surface area contributed by atoms with Gasteiger partial charge >= 0.3 is 0 Å². The van der Waals surface area contributed by atoms with Crippen molar-refractivity contribution in [3.63, 3.8) is 0 Å². The molecule has 0 N–H and O–H groups in total. The Balaban J connectivity index is 1.80. The van der Waals surface area contributed by atoms with Gasteiger partial charge in [0.05, 0.1) is 5.52 Å². The Morgan fingerprint density at radius 1 is 1.08 bits per heavy atom. The van der Waals surface area contributed by atoms with Gasteiger partial charge in [-0.2, -0.15) is 0 Å². The largest absolute Gasteiger partial charge is 0.320 e. The Bertz CT molecular complexity index is 914. The minimum Gasteiger partial charge on any atom is -0.320 e. The fourth-order valence-electron chi connectivity index (χ4n) is 3.72. The van der Waals surface area contributed by atoms with Gasteiger partial charge in [0.2, 0.25) is 0 Å². The first-order valence-corrected chi connectivity index (χ1v) is 8.98. The van der Waals surface area contributed by atoms with Crippen LogP contribution >= 0.6 is 0 Å². The normalized spacial score (nSPS) is 15.8. The summed E-state index contributed by atoms with van der Waals surface area (Å²) < 4.78 is 2.37. The van der Waals surface area contributed by atoms with Crippen molar-refractivity contribution in [2.24, 2.45) is 0 Å². The zero-order valence-corrected chi connectivity index (χ0v) is 15.2. The molecule has 1 aliphatic rings. The van der Waals surface area contributed by atoms with Crippen molar-refractivity contribution in [1.29, 1.82) is 0 Å². The summed E-state index contributed by atoms with van der Waals surface area (Å²) in [6, 6.07) is 12.8. The summed E-state index contributed by atoms with van der Waals surface area (Å²) in [6.07, 6.45) is 9.14. The van der Waals surface area contributed by atoms with E-state index in [0.29, 0.717) is 0 Å². The lowest BCUT2D eigenvalue weighted by Crippen LogP contribution is -2.44. The molecule has 3 aromatic rings. The second-order valence-corrected chi connectivity index (χ2v) is 7.76. The van der Waals surface area contributed by atoms with Gasteiger partial charge in [0, 0.05) is 54.7 Å². The van der Waals surface area contributed by atoms with Crippen molar-refractivity contribution in [1.82, 2.24) is 14.5 Å². The quantitative estimate of drug-likeness (QED) is 0.671. The Morgan fingerprint density at radius 3 is 2.68 bits per heavy atom. The summed E-state index contributed by atoms with van der Waals surface area (Å²) >= 11 is 0. The number of benzene rings is 1. The van der Waals surface area contributed by atoms with Gasteiger partial charge in [-0.05, 0) is 50.1 Å². The van der Waals surface area contributed by atoms with E-state index in [-0.39, 0.29) is 5.54 Å². The van der Waals surface area contributed by atoms with E-state index in [9.17, 15) is 0 Å². The number of nitrogens with zero attached hydrogens (tertiary/aromatic N) is 3. The van der Waals surface area contributed by atoms with Crippen LogP contribution in [0, 0.1) is 0 Å². The molecular weight excluding hydrogens is 306 g/mol. The lowest BCUT2D eigenvalue weighted by Gasteiger charge is -2.38. The molecule has 2 aromatic heterocycles. The van der Waals surface area contributed by atoms with Crippen molar-refractivity contribution in [2.45, 2.75) is 39.3 Å². The van der Waals surface area contributed by atoms with Gasteiger partial charge in [0.1, 0.15) is 0 Å². The van der Waals surface area contributed by atoms with Crippen molar-refractivity contribution in [3.05, 3.63) is 65.6 Å². The highest BCUT2D eigenvalue weighted by molar-refractivity contribution is 5.88.